The number of hydrogen-bond donors (Lipinski definition) is 0. The number of hydrogen-bond acceptors (Lipinski definition) is 1. The third kappa shape index (κ3) is 5.60. The Kier molecular flexibility index (Phi) is 9.32. The first-order chi connectivity index (χ1) is 9.55. The highest BCUT2D eigenvalue weighted by Gasteiger charge is 2.30. The molecule has 1 aromatic rings. The Balaban J connectivity index is 2.74. The highest BCUT2D eigenvalue weighted by atomic mass is 127. The molecule has 0 aromatic carbocycles. The largest absolute Gasteiger partial charge is 0.146 e. The van der Waals surface area contributed by atoms with Gasteiger partial charge in [-0.05, 0) is 51.4 Å². The lowest BCUT2D eigenvalue weighted by Gasteiger charge is -2.29. The highest BCUT2D eigenvalue weighted by molar-refractivity contribution is 14.1. The van der Waals surface area contributed by atoms with Crippen LogP contribution in [0.1, 0.15) is 83.4 Å². The van der Waals surface area contributed by atoms with Crippen LogP contribution in [0.5, 0.6) is 0 Å². The van der Waals surface area contributed by atoms with Crippen molar-refractivity contribution in [2.45, 2.75) is 84.0 Å². The van der Waals surface area contributed by atoms with Gasteiger partial charge in [0.25, 0.3) is 0 Å². The first-order valence-electron chi connectivity index (χ1n) is 7.98. The Morgan fingerprint density at radius 1 is 1.05 bits per heavy atom. The molecule has 1 heterocycles. The molecule has 0 aliphatic carbocycles. The van der Waals surface area contributed by atoms with E-state index in [1.54, 1.807) is 4.88 Å². The fourth-order valence-corrected chi connectivity index (χ4v) is 5.69. The SMILES string of the molecule is CCCCCCC(C)(CCCCC)c1scc(I)c1Br. The van der Waals surface area contributed by atoms with E-state index in [0.29, 0.717) is 5.41 Å². The van der Waals surface area contributed by atoms with Crippen LogP contribution >= 0.6 is 49.9 Å². The van der Waals surface area contributed by atoms with Crippen LogP contribution in [0.4, 0.5) is 0 Å². The van der Waals surface area contributed by atoms with Crippen molar-refractivity contribution < 1.29 is 0 Å². The second-order valence-electron chi connectivity index (χ2n) is 6.06. The van der Waals surface area contributed by atoms with Gasteiger partial charge in [-0.15, -0.1) is 11.3 Å². The summed E-state index contributed by atoms with van der Waals surface area (Å²) in [5, 5.41) is 2.30. The van der Waals surface area contributed by atoms with Crippen molar-refractivity contribution in [2.75, 3.05) is 0 Å². The minimum Gasteiger partial charge on any atom is -0.146 e. The smallest absolute Gasteiger partial charge is 0.0453 e. The zero-order valence-corrected chi connectivity index (χ0v) is 17.7. The highest BCUT2D eigenvalue weighted by Crippen LogP contribution is 2.44. The van der Waals surface area contributed by atoms with E-state index in [2.05, 4.69) is 64.7 Å². The zero-order valence-electron chi connectivity index (χ0n) is 13.1. The average molecular weight is 471 g/mol. The van der Waals surface area contributed by atoms with E-state index >= 15 is 0 Å². The molecule has 0 bridgehead atoms. The van der Waals surface area contributed by atoms with Gasteiger partial charge in [0, 0.05) is 23.7 Å². The van der Waals surface area contributed by atoms with Crippen molar-refractivity contribution in [3.8, 4) is 0 Å². The van der Waals surface area contributed by atoms with E-state index in [4.69, 9.17) is 0 Å². The van der Waals surface area contributed by atoms with Crippen LogP contribution in [0.15, 0.2) is 9.85 Å². The van der Waals surface area contributed by atoms with Gasteiger partial charge in [0.15, 0.2) is 0 Å². The summed E-state index contributed by atoms with van der Waals surface area (Å²) in [4.78, 5) is 1.58. The van der Waals surface area contributed by atoms with Crippen LogP contribution in [-0.4, -0.2) is 0 Å². The first-order valence-corrected chi connectivity index (χ1v) is 10.7. The molecule has 0 aliphatic heterocycles. The molecule has 0 radical (unpaired) electrons. The Hall–Kier alpha value is 0.910. The summed E-state index contributed by atoms with van der Waals surface area (Å²) in [5.41, 5.74) is 0.371. The van der Waals surface area contributed by atoms with Crippen LogP contribution in [-0.2, 0) is 5.41 Å². The molecule has 3 heteroatoms. The van der Waals surface area contributed by atoms with Crippen LogP contribution in [0.25, 0.3) is 0 Å². The summed E-state index contributed by atoms with van der Waals surface area (Å²) in [6.07, 6.45) is 12.2. The summed E-state index contributed by atoms with van der Waals surface area (Å²) in [6, 6.07) is 0. The van der Waals surface area contributed by atoms with E-state index in [-0.39, 0.29) is 0 Å². The summed E-state index contributed by atoms with van der Waals surface area (Å²) >= 11 is 8.22. The molecule has 1 atom stereocenters. The van der Waals surface area contributed by atoms with Crippen LogP contribution < -0.4 is 0 Å². The summed E-state index contributed by atoms with van der Waals surface area (Å²) in [5.74, 6) is 0. The van der Waals surface area contributed by atoms with Crippen molar-refractivity contribution in [1.82, 2.24) is 0 Å². The lowest BCUT2D eigenvalue weighted by Crippen LogP contribution is -2.21. The Morgan fingerprint density at radius 3 is 2.10 bits per heavy atom. The van der Waals surface area contributed by atoms with Gasteiger partial charge in [0.1, 0.15) is 0 Å². The van der Waals surface area contributed by atoms with Crippen molar-refractivity contribution in [3.05, 3.63) is 18.3 Å². The second kappa shape index (κ2) is 9.83. The van der Waals surface area contributed by atoms with Crippen LogP contribution in [0, 0.1) is 3.57 Å². The van der Waals surface area contributed by atoms with Gasteiger partial charge in [0.2, 0.25) is 0 Å². The van der Waals surface area contributed by atoms with Gasteiger partial charge in [-0.3, -0.25) is 0 Å². The van der Waals surface area contributed by atoms with Crippen molar-refractivity contribution in [3.63, 3.8) is 0 Å². The topological polar surface area (TPSA) is 0 Å². The molecule has 0 saturated carbocycles. The van der Waals surface area contributed by atoms with Gasteiger partial charge in [0.05, 0.1) is 0 Å². The van der Waals surface area contributed by atoms with Gasteiger partial charge in [-0.25, -0.2) is 0 Å². The maximum atomic E-state index is 3.82. The molecule has 0 spiro atoms. The van der Waals surface area contributed by atoms with Crippen molar-refractivity contribution in [1.29, 1.82) is 0 Å². The maximum absolute atomic E-state index is 3.82. The molecule has 0 amide bonds. The number of halogens is 2. The summed E-state index contributed by atoms with van der Waals surface area (Å²) in [7, 11) is 0. The molecule has 0 saturated heterocycles. The van der Waals surface area contributed by atoms with Gasteiger partial charge < -0.3 is 0 Å². The Labute approximate surface area is 151 Å². The quantitative estimate of drug-likeness (QED) is 0.240. The summed E-state index contributed by atoms with van der Waals surface area (Å²) in [6.45, 7) is 7.07. The van der Waals surface area contributed by atoms with Gasteiger partial charge >= 0.3 is 0 Å². The Morgan fingerprint density at radius 2 is 1.60 bits per heavy atom. The zero-order chi connectivity index (χ0) is 15.0. The lowest BCUT2D eigenvalue weighted by molar-refractivity contribution is 0.371. The standard InChI is InChI=1S/C17H28BrIS/c1-4-6-8-10-12-17(3,11-9-7-5-2)16-15(18)14(19)13-20-16/h13H,4-12H2,1-3H3. The van der Waals surface area contributed by atoms with E-state index in [9.17, 15) is 0 Å². The molecule has 0 nitrogen and oxygen atoms in total. The fourth-order valence-electron chi connectivity index (χ4n) is 2.79. The Bertz CT molecular complexity index is 388. The summed E-state index contributed by atoms with van der Waals surface area (Å²) < 4.78 is 2.73. The molecule has 116 valence electrons. The lowest BCUT2D eigenvalue weighted by atomic mass is 9.78. The van der Waals surface area contributed by atoms with Crippen molar-refractivity contribution in [2.24, 2.45) is 0 Å². The molecule has 20 heavy (non-hydrogen) atoms. The van der Waals surface area contributed by atoms with Gasteiger partial charge in [-0.2, -0.15) is 0 Å². The van der Waals surface area contributed by atoms with Crippen LogP contribution in [0.2, 0.25) is 0 Å². The fraction of sp³-hybridized carbons (Fsp3) is 0.765. The second-order valence-corrected chi connectivity index (χ2v) is 8.89. The molecule has 1 unspecified atom stereocenters. The number of thiophene rings is 1. The molecule has 0 aliphatic rings. The molecule has 0 N–H and O–H groups in total. The normalized spacial score (nSPS) is 14.4. The molecular weight excluding hydrogens is 443 g/mol. The van der Waals surface area contributed by atoms with E-state index < -0.39 is 0 Å². The maximum Gasteiger partial charge on any atom is 0.0453 e. The third-order valence-corrected chi connectivity index (χ3v) is 8.54. The monoisotopic (exact) mass is 470 g/mol. The number of unbranched alkanes of at least 4 members (excludes halogenated alkanes) is 5. The minimum absolute atomic E-state index is 0.371. The molecule has 1 aromatic heterocycles. The van der Waals surface area contributed by atoms with Crippen molar-refractivity contribution >= 4 is 49.9 Å². The molecular formula is C17H28BrIS. The number of rotatable bonds is 10. The van der Waals surface area contributed by atoms with E-state index in [0.717, 1.165) is 0 Å². The first kappa shape index (κ1) is 19.0. The molecule has 0 fully saturated rings. The minimum atomic E-state index is 0.371. The predicted molar refractivity (Wildman–Crippen MR) is 105 cm³/mol. The predicted octanol–water partition coefficient (Wildman–Crippen LogP) is 7.92. The van der Waals surface area contributed by atoms with Crippen LogP contribution in [0.3, 0.4) is 0 Å². The van der Waals surface area contributed by atoms with E-state index in [1.807, 2.05) is 11.3 Å². The third-order valence-electron chi connectivity index (χ3n) is 4.15. The average Bonchev–Trinajstić information content (AvgIpc) is 2.76. The van der Waals surface area contributed by atoms with Gasteiger partial charge in [-0.1, -0.05) is 65.7 Å². The van der Waals surface area contributed by atoms with E-state index in [1.165, 1.54) is 65.8 Å². The molecule has 1 rings (SSSR count).